The van der Waals surface area contributed by atoms with Gasteiger partial charge in [-0.15, -0.1) is 11.3 Å². The van der Waals surface area contributed by atoms with Gasteiger partial charge < -0.3 is 10.4 Å². The van der Waals surface area contributed by atoms with E-state index in [0.29, 0.717) is 18.5 Å². The lowest BCUT2D eigenvalue weighted by atomic mass is 9.78. The highest BCUT2D eigenvalue weighted by Gasteiger charge is 2.35. The minimum Gasteiger partial charge on any atom is -0.481 e. The van der Waals surface area contributed by atoms with Crippen molar-refractivity contribution in [1.29, 1.82) is 0 Å². The van der Waals surface area contributed by atoms with Crippen molar-refractivity contribution >= 4 is 50.9 Å². The van der Waals surface area contributed by atoms with Crippen LogP contribution in [0.4, 0.5) is 5.69 Å². The predicted octanol–water partition coefficient (Wildman–Crippen LogP) is 3.85. The average molecular weight is 350 g/mol. The first-order valence-corrected chi connectivity index (χ1v) is 9.61. The van der Waals surface area contributed by atoms with E-state index in [1.165, 1.54) is 0 Å². The molecule has 2 aromatic rings. The minimum atomic E-state index is -0.868. The molecule has 0 bridgehead atoms. The molecule has 0 aliphatic heterocycles. The fourth-order valence-corrected chi connectivity index (χ4v) is 4.57. The van der Waals surface area contributed by atoms with Crippen molar-refractivity contribution in [2.75, 3.05) is 11.6 Å². The standard InChI is InChI=1S/C16H18N2O3S2/c1-22-16-18-12-7-6-9(8-13(12)23-16)17-14(19)10-4-2-3-5-11(10)15(20)21/h6-8,10-11H,2-5H2,1H3,(H,17,19)(H,20,21)/t10-,11+/m0/s1. The summed E-state index contributed by atoms with van der Waals surface area (Å²) >= 11 is 3.18. The number of carbonyl (C=O) groups is 2. The van der Waals surface area contributed by atoms with E-state index < -0.39 is 17.8 Å². The molecule has 0 saturated heterocycles. The molecule has 1 aliphatic carbocycles. The Morgan fingerprint density at radius 2 is 2.04 bits per heavy atom. The summed E-state index contributed by atoms with van der Waals surface area (Å²) in [6.07, 6.45) is 4.99. The molecule has 1 aliphatic rings. The van der Waals surface area contributed by atoms with Gasteiger partial charge in [0.25, 0.3) is 0 Å². The Bertz CT molecular complexity index is 744. The van der Waals surface area contributed by atoms with Crippen molar-refractivity contribution in [2.24, 2.45) is 11.8 Å². The number of carbonyl (C=O) groups excluding carboxylic acids is 1. The second-order valence-electron chi connectivity index (χ2n) is 5.69. The van der Waals surface area contributed by atoms with Gasteiger partial charge >= 0.3 is 5.97 Å². The largest absolute Gasteiger partial charge is 0.481 e. The summed E-state index contributed by atoms with van der Waals surface area (Å²) in [6, 6.07) is 5.61. The quantitative estimate of drug-likeness (QED) is 0.819. The normalized spacial score (nSPS) is 21.3. The first-order chi connectivity index (χ1) is 11.1. The van der Waals surface area contributed by atoms with Crippen LogP contribution in [-0.2, 0) is 9.59 Å². The summed E-state index contributed by atoms with van der Waals surface area (Å²) in [5.74, 6) is -2.07. The average Bonchev–Trinajstić information content (AvgIpc) is 2.97. The monoisotopic (exact) mass is 350 g/mol. The molecule has 1 aromatic heterocycles. The van der Waals surface area contributed by atoms with E-state index in [4.69, 9.17) is 0 Å². The van der Waals surface area contributed by atoms with Crippen LogP contribution in [0.15, 0.2) is 22.5 Å². The van der Waals surface area contributed by atoms with E-state index in [-0.39, 0.29) is 5.91 Å². The zero-order valence-electron chi connectivity index (χ0n) is 12.7. The Morgan fingerprint density at radius 3 is 2.74 bits per heavy atom. The van der Waals surface area contributed by atoms with Crippen molar-refractivity contribution in [3.63, 3.8) is 0 Å². The maximum Gasteiger partial charge on any atom is 0.307 e. The molecule has 3 rings (SSSR count). The number of aromatic nitrogens is 1. The number of anilines is 1. The van der Waals surface area contributed by atoms with Gasteiger partial charge in [-0.1, -0.05) is 24.6 Å². The first kappa shape index (κ1) is 16.3. The number of hydrogen-bond acceptors (Lipinski definition) is 5. The minimum absolute atomic E-state index is 0.189. The molecule has 2 N–H and O–H groups in total. The summed E-state index contributed by atoms with van der Waals surface area (Å²) in [5, 5.41) is 12.2. The fourth-order valence-electron chi connectivity index (χ4n) is 3.04. The third kappa shape index (κ3) is 3.50. The predicted molar refractivity (Wildman–Crippen MR) is 93.1 cm³/mol. The van der Waals surface area contributed by atoms with E-state index in [1.807, 2.05) is 24.5 Å². The number of rotatable bonds is 4. The lowest BCUT2D eigenvalue weighted by molar-refractivity contribution is -0.147. The van der Waals surface area contributed by atoms with Crippen LogP contribution in [0.25, 0.3) is 10.2 Å². The molecule has 0 radical (unpaired) electrons. The molecule has 0 spiro atoms. The van der Waals surface area contributed by atoms with Crippen LogP contribution < -0.4 is 5.32 Å². The first-order valence-electron chi connectivity index (χ1n) is 7.56. The van der Waals surface area contributed by atoms with Crippen molar-refractivity contribution in [3.05, 3.63) is 18.2 Å². The third-order valence-corrected chi connectivity index (χ3v) is 6.23. The Kier molecular flexibility index (Phi) is 4.87. The lowest BCUT2D eigenvalue weighted by Crippen LogP contribution is -2.36. The third-order valence-electron chi connectivity index (χ3n) is 4.23. The van der Waals surface area contributed by atoms with Crippen molar-refractivity contribution in [2.45, 2.75) is 30.0 Å². The number of thiazole rings is 1. The van der Waals surface area contributed by atoms with Gasteiger partial charge in [0.15, 0.2) is 4.34 Å². The highest BCUT2D eigenvalue weighted by atomic mass is 32.2. The van der Waals surface area contributed by atoms with Gasteiger partial charge in [0, 0.05) is 5.69 Å². The molecule has 1 aromatic carbocycles. The summed E-state index contributed by atoms with van der Waals surface area (Å²) in [6.45, 7) is 0. The lowest BCUT2D eigenvalue weighted by Gasteiger charge is -2.27. The van der Waals surface area contributed by atoms with Crippen LogP contribution in [0.1, 0.15) is 25.7 Å². The second-order valence-corrected chi connectivity index (χ2v) is 7.78. The van der Waals surface area contributed by atoms with Gasteiger partial charge in [-0.2, -0.15) is 0 Å². The van der Waals surface area contributed by atoms with Gasteiger partial charge in [-0.3, -0.25) is 9.59 Å². The number of amides is 1. The molecule has 7 heteroatoms. The number of nitrogens with zero attached hydrogens (tertiary/aromatic N) is 1. The van der Waals surface area contributed by atoms with Gasteiger partial charge in [-0.25, -0.2) is 4.98 Å². The summed E-state index contributed by atoms with van der Waals surface area (Å²) < 4.78 is 2.01. The number of nitrogens with one attached hydrogen (secondary N) is 1. The van der Waals surface area contributed by atoms with Crippen LogP contribution in [0, 0.1) is 11.8 Å². The number of carboxylic acids is 1. The molecule has 2 atom stereocenters. The van der Waals surface area contributed by atoms with Gasteiger partial charge in [0.2, 0.25) is 5.91 Å². The van der Waals surface area contributed by atoms with Gasteiger partial charge in [-0.05, 0) is 37.3 Å². The highest BCUT2D eigenvalue weighted by molar-refractivity contribution is 8.00. The summed E-state index contributed by atoms with van der Waals surface area (Å²) in [5.41, 5.74) is 1.62. The van der Waals surface area contributed by atoms with Crippen molar-refractivity contribution in [1.82, 2.24) is 4.98 Å². The van der Waals surface area contributed by atoms with E-state index in [1.54, 1.807) is 23.1 Å². The van der Waals surface area contributed by atoms with Crippen LogP contribution in [-0.4, -0.2) is 28.2 Å². The number of thioether (sulfide) groups is 1. The molecular weight excluding hydrogens is 332 g/mol. The van der Waals surface area contributed by atoms with Gasteiger partial charge in [0.05, 0.1) is 22.1 Å². The molecule has 1 saturated carbocycles. The summed E-state index contributed by atoms with van der Waals surface area (Å²) in [4.78, 5) is 28.3. The van der Waals surface area contributed by atoms with E-state index in [0.717, 1.165) is 27.4 Å². The smallest absolute Gasteiger partial charge is 0.307 e. The fraction of sp³-hybridized carbons (Fsp3) is 0.438. The number of benzene rings is 1. The van der Waals surface area contributed by atoms with E-state index >= 15 is 0 Å². The van der Waals surface area contributed by atoms with Crippen LogP contribution in [0.2, 0.25) is 0 Å². The Hall–Kier alpha value is -1.60. The number of hydrogen-bond donors (Lipinski definition) is 2. The number of carboxylic acid groups (broad SMARTS) is 1. The molecule has 1 heterocycles. The molecule has 122 valence electrons. The topological polar surface area (TPSA) is 79.3 Å². The second kappa shape index (κ2) is 6.88. The van der Waals surface area contributed by atoms with Crippen LogP contribution in [0.3, 0.4) is 0 Å². The van der Waals surface area contributed by atoms with Crippen LogP contribution in [0.5, 0.6) is 0 Å². The highest BCUT2D eigenvalue weighted by Crippen LogP contribution is 2.33. The Morgan fingerprint density at radius 1 is 1.30 bits per heavy atom. The van der Waals surface area contributed by atoms with Crippen molar-refractivity contribution < 1.29 is 14.7 Å². The molecule has 23 heavy (non-hydrogen) atoms. The molecule has 1 amide bonds. The molecule has 0 unspecified atom stereocenters. The zero-order valence-corrected chi connectivity index (χ0v) is 14.4. The zero-order chi connectivity index (χ0) is 16.4. The molecule has 1 fully saturated rings. The Labute approximate surface area is 142 Å². The van der Waals surface area contributed by atoms with E-state index in [9.17, 15) is 14.7 Å². The van der Waals surface area contributed by atoms with Gasteiger partial charge in [0.1, 0.15) is 0 Å². The Balaban J connectivity index is 1.77. The summed E-state index contributed by atoms with van der Waals surface area (Å²) in [7, 11) is 0. The van der Waals surface area contributed by atoms with Crippen molar-refractivity contribution in [3.8, 4) is 0 Å². The number of aliphatic carboxylic acids is 1. The number of fused-ring (bicyclic) bond motifs is 1. The molecular formula is C16H18N2O3S2. The van der Waals surface area contributed by atoms with Crippen LogP contribution >= 0.6 is 23.1 Å². The maximum atomic E-state index is 12.5. The SMILES string of the molecule is CSc1nc2ccc(NC(=O)[C@H]3CCCC[C@H]3C(=O)O)cc2s1. The maximum absolute atomic E-state index is 12.5. The van der Waals surface area contributed by atoms with E-state index in [2.05, 4.69) is 10.3 Å². The molecule has 5 nitrogen and oxygen atoms in total.